The molecule has 0 saturated carbocycles. The molecule has 1 heterocycles. The monoisotopic (exact) mass is 239 g/mol. The van der Waals surface area contributed by atoms with Crippen LogP contribution in [-0.4, -0.2) is 22.7 Å². The molecule has 1 rings (SSSR count). The normalized spacial score (nSPS) is 37.1. The van der Waals surface area contributed by atoms with Crippen molar-refractivity contribution >= 4 is 6.21 Å². The molecule has 0 spiro atoms. The van der Waals surface area contributed by atoms with Crippen molar-refractivity contribution < 1.29 is 21.5 Å². The molecule has 3 heteroatoms. The van der Waals surface area contributed by atoms with Crippen LogP contribution in [0.15, 0.2) is 3.21 Å². The third kappa shape index (κ3) is 2.21. The molecule has 0 fully saturated rings. The van der Waals surface area contributed by atoms with Gasteiger partial charge in [0.2, 0.25) is 0 Å². The van der Waals surface area contributed by atoms with E-state index in [-0.39, 0.29) is 21.5 Å². The Labute approximate surface area is 66.7 Å². The van der Waals surface area contributed by atoms with E-state index in [0.29, 0.717) is 6.04 Å². The molecule has 0 amide bonds. The van der Waals surface area contributed by atoms with Gasteiger partial charge in [-0.05, 0) is 0 Å². The quantitative estimate of drug-likeness (QED) is 0.365. The van der Waals surface area contributed by atoms with Gasteiger partial charge in [0, 0.05) is 0 Å². The van der Waals surface area contributed by atoms with Crippen LogP contribution in [-0.2, 0) is 0 Å². The van der Waals surface area contributed by atoms with Crippen LogP contribution in [0.4, 0.5) is 0 Å². The number of alkyl halides is 1. The van der Waals surface area contributed by atoms with Gasteiger partial charge in [-0.15, -0.1) is 0 Å². The summed E-state index contributed by atoms with van der Waals surface area (Å²) in [6, 6.07) is 0.667. The Morgan fingerprint density at radius 2 is 2.44 bits per heavy atom. The zero-order chi connectivity index (χ0) is 6.69. The topological polar surface area (TPSA) is 24.4 Å². The van der Waals surface area contributed by atoms with Crippen molar-refractivity contribution in [3.8, 4) is 0 Å². The summed E-state index contributed by atoms with van der Waals surface area (Å²) in [5.41, 5.74) is 0. The maximum atomic E-state index is 4.32. The molecular weight excluding hydrogens is 227 g/mol. The Morgan fingerprint density at radius 3 is 3.22 bits per heavy atom. The minimum absolute atomic E-state index is 0.0912. The molecule has 0 aliphatic carbocycles. The van der Waals surface area contributed by atoms with E-state index in [9.17, 15) is 0 Å². The van der Waals surface area contributed by atoms with Gasteiger partial charge in [-0.25, -0.2) is 0 Å². The van der Waals surface area contributed by atoms with Crippen molar-refractivity contribution in [3.05, 3.63) is 0 Å². The van der Waals surface area contributed by atoms with E-state index in [4.69, 9.17) is 0 Å². The molecule has 0 aromatic heterocycles. The van der Waals surface area contributed by atoms with Crippen molar-refractivity contribution in [1.29, 1.82) is 0 Å². The first-order chi connectivity index (χ1) is 4.30. The second-order valence-corrected chi connectivity index (χ2v) is 5.33. The summed E-state index contributed by atoms with van der Waals surface area (Å²) in [6.45, 7) is 5.47. The SMILES string of the molecule is CC1[I-]N=CCN[C@@H]1C. The van der Waals surface area contributed by atoms with Gasteiger partial charge in [0.15, 0.2) is 0 Å². The molecule has 1 N–H and O–H groups in total. The fraction of sp³-hybridized carbons (Fsp3) is 0.833. The summed E-state index contributed by atoms with van der Waals surface area (Å²) in [4.78, 5) is 0. The van der Waals surface area contributed by atoms with E-state index >= 15 is 0 Å². The van der Waals surface area contributed by atoms with Gasteiger partial charge in [0.05, 0.1) is 0 Å². The van der Waals surface area contributed by atoms with Crippen LogP contribution in [0.25, 0.3) is 0 Å². The summed E-state index contributed by atoms with van der Waals surface area (Å²) in [5, 5.41) is 3.37. The molecular formula is C6H12IN2-. The van der Waals surface area contributed by atoms with E-state index in [1.807, 2.05) is 6.21 Å². The number of hydrogen-bond donors (Lipinski definition) is 1. The van der Waals surface area contributed by atoms with Gasteiger partial charge in [-0.3, -0.25) is 0 Å². The molecule has 1 aliphatic heterocycles. The molecule has 2 nitrogen and oxygen atoms in total. The van der Waals surface area contributed by atoms with Crippen LogP contribution >= 0.6 is 0 Å². The van der Waals surface area contributed by atoms with Crippen molar-refractivity contribution in [1.82, 2.24) is 5.32 Å². The molecule has 0 bridgehead atoms. The van der Waals surface area contributed by atoms with Crippen LogP contribution in [0, 0.1) is 0 Å². The second-order valence-electron chi connectivity index (χ2n) is 2.25. The minimum atomic E-state index is 0.0912. The standard InChI is InChI=1S/C6H12IN2/c1-5-6(2)8-3-4-9-7-5/h4-6,8H,3H2,1-2H3/q-1/t5?,6-/m1/s1. The van der Waals surface area contributed by atoms with E-state index in [1.54, 1.807) is 0 Å². The summed E-state index contributed by atoms with van der Waals surface area (Å²) < 4.78 is 5.12. The van der Waals surface area contributed by atoms with Gasteiger partial charge >= 0.3 is 66.6 Å². The third-order valence-corrected chi connectivity index (χ3v) is 4.17. The van der Waals surface area contributed by atoms with Gasteiger partial charge in [-0.2, -0.15) is 0 Å². The summed E-state index contributed by atoms with van der Waals surface area (Å²) >= 11 is 0.0912. The van der Waals surface area contributed by atoms with E-state index in [2.05, 4.69) is 22.4 Å². The third-order valence-electron chi connectivity index (χ3n) is 1.50. The average molecular weight is 239 g/mol. The first-order valence-electron chi connectivity index (χ1n) is 3.18. The molecule has 0 aromatic rings. The van der Waals surface area contributed by atoms with Gasteiger partial charge < -0.3 is 0 Å². The summed E-state index contributed by atoms with van der Waals surface area (Å²) in [5.74, 6) is 0. The molecule has 0 radical (unpaired) electrons. The predicted octanol–water partition coefficient (Wildman–Crippen LogP) is -2.56. The number of nitrogens with one attached hydrogen (secondary N) is 1. The van der Waals surface area contributed by atoms with Crippen molar-refractivity contribution in [2.45, 2.75) is 23.8 Å². The van der Waals surface area contributed by atoms with Gasteiger partial charge in [-0.1, -0.05) is 0 Å². The fourth-order valence-electron chi connectivity index (χ4n) is 0.649. The number of hydrogen-bond acceptors (Lipinski definition) is 2. The predicted molar refractivity (Wildman–Crippen MR) is 35.4 cm³/mol. The second kappa shape index (κ2) is 3.51. The Hall–Kier alpha value is 0.360. The molecule has 0 saturated heterocycles. The maximum absolute atomic E-state index is 4.32. The van der Waals surface area contributed by atoms with E-state index in [1.165, 1.54) is 0 Å². The summed E-state index contributed by atoms with van der Waals surface area (Å²) in [6.07, 6.45) is 2.01. The first-order valence-corrected chi connectivity index (χ1v) is 5.39. The van der Waals surface area contributed by atoms with Crippen LogP contribution < -0.4 is 26.8 Å². The van der Waals surface area contributed by atoms with Gasteiger partial charge in [0.25, 0.3) is 0 Å². The molecule has 9 heavy (non-hydrogen) atoms. The molecule has 1 unspecified atom stereocenters. The van der Waals surface area contributed by atoms with E-state index in [0.717, 1.165) is 10.5 Å². The van der Waals surface area contributed by atoms with Crippen molar-refractivity contribution in [2.75, 3.05) is 6.54 Å². The number of halogens is 1. The Balaban J connectivity index is 2.42. The van der Waals surface area contributed by atoms with E-state index < -0.39 is 0 Å². The first kappa shape index (κ1) is 7.47. The zero-order valence-electron chi connectivity index (χ0n) is 5.76. The van der Waals surface area contributed by atoms with Crippen LogP contribution in [0.2, 0.25) is 0 Å². The van der Waals surface area contributed by atoms with Crippen LogP contribution in [0.5, 0.6) is 0 Å². The van der Waals surface area contributed by atoms with Crippen molar-refractivity contribution in [3.63, 3.8) is 0 Å². The average Bonchev–Trinajstić information content (AvgIpc) is 1.99. The van der Waals surface area contributed by atoms with Crippen LogP contribution in [0.3, 0.4) is 0 Å². The molecule has 0 aromatic carbocycles. The Morgan fingerprint density at radius 1 is 1.67 bits per heavy atom. The molecule has 1 aliphatic rings. The Kier molecular flexibility index (Phi) is 2.91. The number of rotatable bonds is 0. The van der Waals surface area contributed by atoms with Crippen LogP contribution in [0.1, 0.15) is 13.8 Å². The summed E-state index contributed by atoms with van der Waals surface area (Å²) in [7, 11) is 0. The fourth-order valence-corrected chi connectivity index (χ4v) is 2.32. The van der Waals surface area contributed by atoms with Gasteiger partial charge in [0.1, 0.15) is 0 Å². The Bertz CT molecular complexity index is 114. The number of nitrogens with zero attached hydrogens (tertiary/aromatic N) is 1. The molecule has 2 atom stereocenters. The zero-order valence-corrected chi connectivity index (χ0v) is 7.92. The van der Waals surface area contributed by atoms with Crippen molar-refractivity contribution in [2.24, 2.45) is 3.21 Å². The molecule has 54 valence electrons.